The maximum atomic E-state index is 5.79. The van der Waals surface area contributed by atoms with E-state index >= 15 is 0 Å². The van der Waals surface area contributed by atoms with E-state index in [4.69, 9.17) is 4.74 Å². The molecule has 0 saturated heterocycles. The van der Waals surface area contributed by atoms with Crippen LogP contribution in [0, 0.1) is 6.92 Å². The molecule has 0 amide bonds. The summed E-state index contributed by atoms with van der Waals surface area (Å²) in [5.41, 5.74) is 1.28. The van der Waals surface area contributed by atoms with Gasteiger partial charge in [-0.2, -0.15) is 0 Å². The van der Waals surface area contributed by atoms with E-state index in [-0.39, 0.29) is 6.04 Å². The topological polar surface area (TPSA) is 21.3 Å². The van der Waals surface area contributed by atoms with Gasteiger partial charge >= 0.3 is 0 Å². The predicted octanol–water partition coefficient (Wildman–Crippen LogP) is 3.91. The molecule has 2 nitrogen and oxygen atoms in total. The second-order valence-electron chi connectivity index (χ2n) is 5.06. The van der Waals surface area contributed by atoms with Crippen molar-refractivity contribution in [1.29, 1.82) is 0 Å². The number of aryl methyl sites for hydroxylation is 1. The van der Waals surface area contributed by atoms with Gasteiger partial charge < -0.3 is 10.1 Å². The summed E-state index contributed by atoms with van der Waals surface area (Å²) in [4.78, 5) is 2.71. The molecule has 1 saturated carbocycles. The molecule has 1 heterocycles. The Labute approximate surface area is 118 Å². The molecule has 19 heavy (non-hydrogen) atoms. The lowest BCUT2D eigenvalue weighted by Crippen LogP contribution is -2.16. The maximum absolute atomic E-state index is 5.79. The highest BCUT2D eigenvalue weighted by Gasteiger charge is 2.23. The summed E-state index contributed by atoms with van der Waals surface area (Å²) in [6.07, 6.45) is 2.87. The Kier molecular flexibility index (Phi) is 3.58. The maximum Gasteiger partial charge on any atom is 0.119 e. The number of benzene rings is 1. The van der Waals surface area contributed by atoms with Crippen molar-refractivity contribution in [3.63, 3.8) is 0 Å². The first-order valence-electron chi connectivity index (χ1n) is 6.76. The third-order valence-electron chi connectivity index (χ3n) is 3.37. The molecule has 1 aromatic heterocycles. The largest absolute Gasteiger partial charge is 0.490 e. The zero-order valence-corrected chi connectivity index (χ0v) is 12.2. The minimum atomic E-state index is 0.272. The van der Waals surface area contributed by atoms with Gasteiger partial charge in [-0.05, 0) is 56.6 Å². The summed E-state index contributed by atoms with van der Waals surface area (Å²) in [6.45, 7) is 2.15. The van der Waals surface area contributed by atoms with E-state index in [1.54, 1.807) is 0 Å². The van der Waals surface area contributed by atoms with Crippen LogP contribution in [0.5, 0.6) is 5.75 Å². The van der Waals surface area contributed by atoms with Crippen molar-refractivity contribution in [1.82, 2.24) is 5.32 Å². The molecule has 100 valence electrons. The van der Waals surface area contributed by atoms with Crippen molar-refractivity contribution in [2.24, 2.45) is 0 Å². The molecule has 1 N–H and O–H groups in total. The summed E-state index contributed by atoms with van der Waals surface area (Å²) < 4.78 is 5.79. The van der Waals surface area contributed by atoms with Crippen LogP contribution in [-0.2, 0) is 0 Å². The van der Waals surface area contributed by atoms with Crippen LogP contribution in [0.2, 0.25) is 0 Å². The Morgan fingerprint density at radius 2 is 1.89 bits per heavy atom. The van der Waals surface area contributed by atoms with Crippen LogP contribution in [0.1, 0.15) is 34.2 Å². The quantitative estimate of drug-likeness (QED) is 0.892. The highest BCUT2D eigenvalue weighted by molar-refractivity contribution is 7.12. The van der Waals surface area contributed by atoms with Crippen LogP contribution in [0.3, 0.4) is 0 Å². The predicted molar refractivity (Wildman–Crippen MR) is 80.1 cm³/mol. The first kappa shape index (κ1) is 12.7. The number of hydrogen-bond acceptors (Lipinski definition) is 3. The van der Waals surface area contributed by atoms with Gasteiger partial charge in [-0.25, -0.2) is 0 Å². The molecule has 0 aliphatic heterocycles. The highest BCUT2D eigenvalue weighted by Crippen LogP contribution is 2.31. The van der Waals surface area contributed by atoms with Gasteiger partial charge in [0, 0.05) is 9.75 Å². The van der Waals surface area contributed by atoms with E-state index in [2.05, 4.69) is 48.6 Å². The van der Waals surface area contributed by atoms with Crippen molar-refractivity contribution in [2.75, 3.05) is 7.05 Å². The summed E-state index contributed by atoms with van der Waals surface area (Å²) in [7, 11) is 2.01. The highest BCUT2D eigenvalue weighted by atomic mass is 32.1. The fourth-order valence-corrected chi connectivity index (χ4v) is 3.21. The molecule has 3 heteroatoms. The van der Waals surface area contributed by atoms with Crippen molar-refractivity contribution in [2.45, 2.75) is 31.9 Å². The van der Waals surface area contributed by atoms with E-state index in [1.807, 2.05) is 18.4 Å². The van der Waals surface area contributed by atoms with Crippen molar-refractivity contribution >= 4 is 11.3 Å². The smallest absolute Gasteiger partial charge is 0.119 e. The molecular formula is C16H19NOS. The van der Waals surface area contributed by atoms with Crippen LogP contribution < -0.4 is 10.1 Å². The van der Waals surface area contributed by atoms with Crippen molar-refractivity contribution < 1.29 is 4.74 Å². The van der Waals surface area contributed by atoms with Gasteiger partial charge in [0.2, 0.25) is 0 Å². The van der Waals surface area contributed by atoms with Gasteiger partial charge in [0.15, 0.2) is 0 Å². The standard InChI is InChI=1S/C16H19NOS/c1-11-3-10-15(19-11)16(17-2)12-4-6-13(7-5-12)18-14-8-9-14/h3-7,10,14,16-17H,8-9H2,1-2H3. The average molecular weight is 273 g/mol. The van der Waals surface area contributed by atoms with E-state index in [9.17, 15) is 0 Å². The van der Waals surface area contributed by atoms with Crippen LogP contribution >= 0.6 is 11.3 Å². The van der Waals surface area contributed by atoms with Gasteiger partial charge in [0.1, 0.15) is 5.75 Å². The van der Waals surface area contributed by atoms with E-state index in [1.165, 1.54) is 28.2 Å². The number of nitrogens with one attached hydrogen (secondary N) is 1. The number of hydrogen-bond donors (Lipinski definition) is 1. The third kappa shape index (κ3) is 2.99. The molecule has 1 atom stereocenters. The van der Waals surface area contributed by atoms with Crippen LogP contribution in [0.15, 0.2) is 36.4 Å². The Morgan fingerprint density at radius 3 is 2.42 bits per heavy atom. The van der Waals surface area contributed by atoms with Crippen LogP contribution in [0.4, 0.5) is 0 Å². The lowest BCUT2D eigenvalue weighted by Gasteiger charge is -2.15. The van der Waals surface area contributed by atoms with Gasteiger partial charge in [-0.3, -0.25) is 0 Å². The molecule has 2 aromatic rings. The summed E-state index contributed by atoms with van der Waals surface area (Å²) in [5.74, 6) is 0.989. The van der Waals surface area contributed by atoms with Gasteiger partial charge in [-0.15, -0.1) is 11.3 Å². The van der Waals surface area contributed by atoms with Gasteiger partial charge in [-0.1, -0.05) is 12.1 Å². The molecule has 0 spiro atoms. The Bertz CT molecular complexity index is 542. The second-order valence-corrected chi connectivity index (χ2v) is 6.38. The number of thiophene rings is 1. The van der Waals surface area contributed by atoms with Crippen LogP contribution in [-0.4, -0.2) is 13.2 Å². The lowest BCUT2D eigenvalue weighted by molar-refractivity contribution is 0.303. The molecule has 3 rings (SSSR count). The Balaban J connectivity index is 1.78. The molecule has 0 bridgehead atoms. The minimum Gasteiger partial charge on any atom is -0.490 e. The monoisotopic (exact) mass is 273 g/mol. The average Bonchev–Trinajstić information content (AvgIpc) is 3.13. The molecule has 1 aliphatic carbocycles. The zero-order valence-electron chi connectivity index (χ0n) is 11.3. The Morgan fingerprint density at radius 1 is 1.16 bits per heavy atom. The number of rotatable bonds is 5. The molecule has 0 radical (unpaired) electrons. The van der Waals surface area contributed by atoms with Crippen molar-refractivity contribution in [3.05, 3.63) is 51.7 Å². The Hall–Kier alpha value is -1.32. The van der Waals surface area contributed by atoms with E-state index in [0.29, 0.717) is 6.10 Å². The lowest BCUT2D eigenvalue weighted by atomic mass is 10.1. The van der Waals surface area contributed by atoms with E-state index < -0.39 is 0 Å². The van der Waals surface area contributed by atoms with Gasteiger partial charge in [0.25, 0.3) is 0 Å². The summed E-state index contributed by atoms with van der Waals surface area (Å²) in [5, 5.41) is 3.39. The minimum absolute atomic E-state index is 0.272. The first-order chi connectivity index (χ1) is 9.26. The molecule has 1 aliphatic rings. The number of ether oxygens (including phenoxy) is 1. The fourth-order valence-electron chi connectivity index (χ4n) is 2.20. The molecule has 1 fully saturated rings. The molecular weight excluding hydrogens is 254 g/mol. The fraction of sp³-hybridized carbons (Fsp3) is 0.375. The third-order valence-corrected chi connectivity index (χ3v) is 4.44. The van der Waals surface area contributed by atoms with Gasteiger partial charge in [0.05, 0.1) is 12.1 Å². The SMILES string of the molecule is CNC(c1ccc(OC2CC2)cc1)c1ccc(C)s1. The summed E-state index contributed by atoms with van der Waals surface area (Å²) in [6, 6.07) is 13.1. The second kappa shape index (κ2) is 5.35. The van der Waals surface area contributed by atoms with Crippen molar-refractivity contribution in [3.8, 4) is 5.75 Å². The van der Waals surface area contributed by atoms with E-state index in [0.717, 1.165) is 5.75 Å². The zero-order chi connectivity index (χ0) is 13.2. The molecule has 1 unspecified atom stereocenters. The first-order valence-corrected chi connectivity index (χ1v) is 7.58. The normalized spacial score (nSPS) is 16.3. The molecule has 1 aromatic carbocycles. The summed E-state index contributed by atoms with van der Waals surface area (Å²) >= 11 is 1.85. The van der Waals surface area contributed by atoms with Crippen LogP contribution in [0.25, 0.3) is 0 Å².